The molecule has 0 amide bonds. The minimum atomic E-state index is -6.27. The fourth-order valence-corrected chi connectivity index (χ4v) is 3.11. The molecule has 0 aliphatic heterocycles. The van der Waals surface area contributed by atoms with Gasteiger partial charge < -0.3 is 9.47 Å². The van der Waals surface area contributed by atoms with E-state index in [0.717, 1.165) is 0 Å². The Hall–Kier alpha value is -3.95. The maximum atomic E-state index is 15.1. The molecule has 0 aromatic heterocycles. The number of benzene rings is 2. The lowest BCUT2D eigenvalue weighted by Crippen LogP contribution is -2.45. The van der Waals surface area contributed by atoms with E-state index in [9.17, 15) is 88.6 Å². The highest BCUT2D eigenvalue weighted by Crippen LogP contribution is 2.49. The molecule has 252 valence electrons. The Kier molecular flexibility index (Phi) is 9.22. The van der Waals surface area contributed by atoms with Crippen LogP contribution >= 0.6 is 0 Å². The van der Waals surface area contributed by atoms with Crippen LogP contribution in [0.15, 0.2) is 24.3 Å². The second-order valence-electron chi connectivity index (χ2n) is 8.57. The summed E-state index contributed by atoms with van der Waals surface area (Å²) in [7, 11) is 0. The van der Waals surface area contributed by atoms with E-state index in [1.165, 1.54) is 0 Å². The number of esters is 2. The minimum Gasteiger partial charge on any atom is -0.422 e. The fraction of sp³-hybridized carbons (Fsp3) is 0.364. The number of carbonyl (C=O) groups excluding carboxylic acids is 2. The van der Waals surface area contributed by atoms with Gasteiger partial charge in [0.05, 0.1) is 33.4 Å². The molecule has 0 atom stereocenters. The number of ether oxygens (including phenoxy) is 2. The summed E-state index contributed by atoms with van der Waals surface area (Å²) >= 11 is 0. The third-order valence-corrected chi connectivity index (χ3v) is 5.21. The lowest BCUT2D eigenvalue weighted by atomic mass is 10.0. The van der Waals surface area contributed by atoms with E-state index in [4.69, 9.17) is 0 Å². The average molecular weight is 696 g/mol. The van der Waals surface area contributed by atoms with Crippen LogP contribution in [0.25, 0.3) is 0 Å². The van der Waals surface area contributed by atoms with Crippen LogP contribution in [0.4, 0.5) is 83.4 Å². The Labute approximate surface area is 234 Å². The van der Waals surface area contributed by atoms with Gasteiger partial charge in [0.25, 0.3) is 0 Å². The van der Waals surface area contributed by atoms with Crippen LogP contribution in [0, 0.1) is 0 Å². The molecule has 0 bridgehead atoms. The summed E-state index contributed by atoms with van der Waals surface area (Å²) in [5.74, 6) is -12.5. The van der Waals surface area contributed by atoms with Crippen molar-refractivity contribution in [2.75, 3.05) is 0 Å². The topological polar surface area (TPSA) is 52.6 Å². The number of alkyl halides is 19. The van der Waals surface area contributed by atoms with Crippen LogP contribution in [0.1, 0.15) is 40.3 Å². The Balaban J connectivity index is 2.75. The highest BCUT2D eigenvalue weighted by atomic mass is 19.4. The van der Waals surface area contributed by atoms with Crippen molar-refractivity contribution in [3.8, 4) is 11.5 Å². The molecule has 23 heteroatoms. The van der Waals surface area contributed by atoms with Gasteiger partial charge in [0.2, 0.25) is 0 Å². The largest absolute Gasteiger partial charge is 0.422 e. The normalized spacial score (nSPS) is 14.0. The molecule has 0 heterocycles. The standard InChI is InChI=1S/C22H7F19O4/c1-16(23,14(42)44-12-8(19(30,31)32)2-6(17(24,25)26)3-9(12)20(33,34)35)15(43)45-13-10(21(36,37)38)4-7(18(27,28)29)5-11(13)22(39,40)41/h2-5H,1H3. The van der Waals surface area contributed by atoms with E-state index in [2.05, 4.69) is 9.47 Å². The summed E-state index contributed by atoms with van der Waals surface area (Å²) in [5.41, 5.74) is -22.5. The highest BCUT2D eigenvalue weighted by molar-refractivity contribution is 6.04. The first kappa shape index (κ1) is 37.2. The van der Waals surface area contributed by atoms with Crippen molar-refractivity contribution < 1.29 is 102 Å². The summed E-state index contributed by atoms with van der Waals surface area (Å²) in [6, 6.07) is -4.23. The quantitative estimate of drug-likeness (QED) is 0.139. The third-order valence-electron chi connectivity index (χ3n) is 5.21. The molecule has 45 heavy (non-hydrogen) atoms. The molecule has 2 aromatic rings. The number of rotatable bonds is 4. The Morgan fingerprint density at radius 3 is 0.778 bits per heavy atom. The zero-order chi connectivity index (χ0) is 35.5. The van der Waals surface area contributed by atoms with Crippen LogP contribution in [0.2, 0.25) is 0 Å². The Morgan fingerprint density at radius 2 is 0.622 bits per heavy atom. The Morgan fingerprint density at radius 1 is 0.422 bits per heavy atom. The average Bonchev–Trinajstić information content (AvgIpc) is 2.79. The van der Waals surface area contributed by atoms with E-state index in [1.807, 2.05) is 0 Å². The maximum absolute atomic E-state index is 15.1. The predicted octanol–water partition coefficient (Wildman–Crippen LogP) is 9.04. The zero-order valence-corrected chi connectivity index (χ0v) is 20.6. The zero-order valence-electron chi connectivity index (χ0n) is 20.6. The molecule has 0 radical (unpaired) electrons. The smallest absolute Gasteiger partial charge is 0.420 e. The summed E-state index contributed by atoms with van der Waals surface area (Å²) in [4.78, 5) is 24.4. The number of halogens is 19. The van der Waals surface area contributed by atoms with E-state index in [-0.39, 0.29) is 0 Å². The van der Waals surface area contributed by atoms with Crippen LogP contribution in [0.5, 0.6) is 11.5 Å². The van der Waals surface area contributed by atoms with Crippen molar-refractivity contribution in [1.82, 2.24) is 0 Å². The van der Waals surface area contributed by atoms with Gasteiger partial charge in [0, 0.05) is 0 Å². The van der Waals surface area contributed by atoms with Gasteiger partial charge in [-0.05, 0) is 31.2 Å². The van der Waals surface area contributed by atoms with Crippen molar-refractivity contribution >= 4 is 11.9 Å². The van der Waals surface area contributed by atoms with Gasteiger partial charge in [0.15, 0.2) is 11.5 Å². The predicted molar refractivity (Wildman–Crippen MR) is 104 cm³/mol. The summed E-state index contributed by atoms with van der Waals surface area (Å²) in [6.07, 6.45) is -36.9. The first-order valence-corrected chi connectivity index (χ1v) is 10.6. The van der Waals surface area contributed by atoms with Gasteiger partial charge in [-0.1, -0.05) is 0 Å². The number of hydrogen-bond donors (Lipinski definition) is 0. The van der Waals surface area contributed by atoms with E-state index in [0.29, 0.717) is 0 Å². The molecule has 0 saturated carbocycles. The second-order valence-corrected chi connectivity index (χ2v) is 8.57. The summed E-state index contributed by atoms with van der Waals surface area (Å²) < 4.78 is 261. The van der Waals surface area contributed by atoms with Gasteiger partial charge in [-0.15, -0.1) is 0 Å². The molecule has 0 unspecified atom stereocenters. The lowest BCUT2D eigenvalue weighted by molar-refractivity contribution is -0.165. The molecule has 0 saturated heterocycles. The van der Waals surface area contributed by atoms with Gasteiger partial charge in [0.1, 0.15) is 0 Å². The summed E-state index contributed by atoms with van der Waals surface area (Å²) in [6.45, 7) is -0.549. The van der Waals surface area contributed by atoms with E-state index < -0.39 is 131 Å². The van der Waals surface area contributed by atoms with Crippen LogP contribution in [-0.2, 0) is 46.6 Å². The van der Waals surface area contributed by atoms with Gasteiger partial charge in [-0.3, -0.25) is 0 Å². The first-order valence-electron chi connectivity index (χ1n) is 10.6. The van der Waals surface area contributed by atoms with Crippen molar-refractivity contribution in [3.05, 3.63) is 57.6 Å². The fourth-order valence-electron chi connectivity index (χ4n) is 3.11. The van der Waals surface area contributed by atoms with Gasteiger partial charge in [-0.2, -0.15) is 79.0 Å². The highest BCUT2D eigenvalue weighted by Gasteiger charge is 2.53. The number of hydrogen-bond acceptors (Lipinski definition) is 4. The van der Waals surface area contributed by atoms with Gasteiger partial charge >= 0.3 is 54.7 Å². The number of carbonyl (C=O) groups is 2. The molecule has 0 fully saturated rings. The molecule has 0 spiro atoms. The Bertz CT molecular complexity index is 1290. The van der Waals surface area contributed by atoms with E-state index in [1.54, 1.807) is 0 Å². The van der Waals surface area contributed by atoms with Crippen LogP contribution in [0.3, 0.4) is 0 Å². The van der Waals surface area contributed by atoms with Crippen molar-refractivity contribution in [3.63, 3.8) is 0 Å². The third kappa shape index (κ3) is 8.21. The SMILES string of the molecule is CC(F)(C(=O)Oc1c(C(F)(F)F)cc(C(F)(F)F)cc1C(F)(F)F)C(=O)Oc1c(C(F)(F)F)cc(C(F)(F)F)cc1C(F)(F)F. The molecular formula is C22H7F19O4. The van der Waals surface area contributed by atoms with Crippen molar-refractivity contribution in [2.45, 2.75) is 49.7 Å². The lowest BCUT2D eigenvalue weighted by Gasteiger charge is -2.24. The summed E-state index contributed by atoms with van der Waals surface area (Å²) in [5, 5.41) is 0. The minimum absolute atomic E-state index is 0.549. The van der Waals surface area contributed by atoms with Crippen LogP contribution in [-0.4, -0.2) is 17.6 Å². The molecule has 0 aliphatic carbocycles. The van der Waals surface area contributed by atoms with Crippen molar-refractivity contribution in [2.24, 2.45) is 0 Å². The molecule has 2 rings (SSSR count). The molecular weight excluding hydrogens is 689 g/mol. The maximum Gasteiger partial charge on any atom is 0.420 e. The second kappa shape index (κ2) is 11.1. The molecule has 0 N–H and O–H groups in total. The van der Waals surface area contributed by atoms with Gasteiger partial charge in [-0.25, -0.2) is 14.0 Å². The first-order chi connectivity index (χ1) is 19.7. The molecule has 0 aliphatic rings. The van der Waals surface area contributed by atoms with Crippen LogP contribution < -0.4 is 9.47 Å². The molecule has 2 aromatic carbocycles. The molecule has 4 nitrogen and oxygen atoms in total. The van der Waals surface area contributed by atoms with E-state index >= 15 is 4.39 Å². The monoisotopic (exact) mass is 696 g/mol. The van der Waals surface area contributed by atoms with Crippen molar-refractivity contribution in [1.29, 1.82) is 0 Å².